The van der Waals surface area contributed by atoms with Crippen LogP contribution in [0.1, 0.15) is 59.3 Å². The molecule has 0 radical (unpaired) electrons. The van der Waals surface area contributed by atoms with E-state index in [-0.39, 0.29) is 0 Å². The maximum absolute atomic E-state index is 3.01. The van der Waals surface area contributed by atoms with Crippen LogP contribution in [0.3, 0.4) is 0 Å². The van der Waals surface area contributed by atoms with E-state index < -0.39 is 0 Å². The molecule has 2 unspecified atom stereocenters. The van der Waals surface area contributed by atoms with Gasteiger partial charge in [-0.3, -0.25) is 0 Å². The molecular formula is C13H26P2. The average molecular weight is 244 g/mol. The lowest BCUT2D eigenvalue weighted by Gasteiger charge is -2.64. The molecular weight excluding hydrogens is 218 g/mol. The summed E-state index contributed by atoms with van der Waals surface area (Å²) in [4.78, 5) is 0.500. The second-order valence-electron chi connectivity index (χ2n) is 6.93. The summed E-state index contributed by atoms with van der Waals surface area (Å²) >= 11 is 0. The highest BCUT2D eigenvalue weighted by atomic mass is 31.1. The van der Waals surface area contributed by atoms with Crippen LogP contribution in [0.25, 0.3) is 0 Å². The smallest absolute Gasteiger partial charge is 0.000352 e. The van der Waals surface area contributed by atoms with E-state index in [1.807, 2.05) is 0 Å². The van der Waals surface area contributed by atoms with Crippen molar-refractivity contribution in [3.05, 3.63) is 0 Å². The predicted molar refractivity (Wildman–Crippen MR) is 75.2 cm³/mol. The van der Waals surface area contributed by atoms with Crippen molar-refractivity contribution >= 4 is 18.5 Å². The zero-order valence-corrected chi connectivity index (χ0v) is 12.8. The van der Waals surface area contributed by atoms with Gasteiger partial charge in [0.05, 0.1) is 0 Å². The first-order valence-electron chi connectivity index (χ1n) is 6.36. The van der Waals surface area contributed by atoms with Gasteiger partial charge in [-0.15, -0.1) is 18.5 Å². The Balaban J connectivity index is 1.84. The summed E-state index contributed by atoms with van der Waals surface area (Å²) in [5, 5.41) is 0. The number of hydrogen-bond acceptors (Lipinski definition) is 0. The molecule has 2 aliphatic carbocycles. The Kier molecular flexibility index (Phi) is 3.02. The van der Waals surface area contributed by atoms with Crippen LogP contribution in [0.5, 0.6) is 0 Å². The molecule has 2 fully saturated rings. The first-order chi connectivity index (χ1) is 6.79. The van der Waals surface area contributed by atoms with E-state index in [2.05, 4.69) is 39.3 Å². The Labute approximate surface area is 99.8 Å². The molecule has 0 heterocycles. The molecule has 0 N–H and O–H groups in total. The van der Waals surface area contributed by atoms with Gasteiger partial charge in [0.2, 0.25) is 0 Å². The molecule has 88 valence electrons. The average Bonchev–Trinajstić information content (AvgIpc) is 1.94. The number of hydrogen-bond donors (Lipinski definition) is 0. The van der Waals surface area contributed by atoms with Crippen molar-refractivity contribution in [3.8, 4) is 0 Å². The van der Waals surface area contributed by atoms with Crippen LogP contribution in [0, 0.1) is 16.7 Å². The summed E-state index contributed by atoms with van der Waals surface area (Å²) in [5.74, 6) is 1.00. The fraction of sp³-hybridized carbons (Fsp3) is 1.00. The molecule has 0 nitrogen and oxygen atoms in total. The molecule has 0 bridgehead atoms. The summed E-state index contributed by atoms with van der Waals surface area (Å²) in [5.41, 5.74) is 1.36. The zero-order chi connectivity index (χ0) is 11.3. The minimum atomic E-state index is 0.500. The Morgan fingerprint density at radius 3 is 2.13 bits per heavy atom. The highest BCUT2D eigenvalue weighted by Gasteiger charge is 2.58. The molecule has 2 aliphatic rings. The summed E-state index contributed by atoms with van der Waals surface area (Å²) in [6.07, 6.45) is 8.60. The van der Waals surface area contributed by atoms with Crippen molar-refractivity contribution in [3.63, 3.8) is 0 Å². The fourth-order valence-electron chi connectivity index (χ4n) is 4.02. The molecule has 1 spiro atoms. The van der Waals surface area contributed by atoms with Crippen molar-refractivity contribution in [2.75, 3.05) is 0 Å². The van der Waals surface area contributed by atoms with Crippen molar-refractivity contribution in [2.24, 2.45) is 16.7 Å². The van der Waals surface area contributed by atoms with Crippen LogP contribution in [-0.2, 0) is 0 Å². The molecule has 0 saturated heterocycles. The molecule has 0 aliphatic heterocycles. The standard InChI is InChI=1S/C13H26P2/c1-4-5-11(2,3)10-6-12(7-10)8-13(14,15)9-12/h10H,4-9,14-15H2,1-3H3. The van der Waals surface area contributed by atoms with E-state index in [0.717, 1.165) is 11.3 Å². The minimum Gasteiger partial charge on any atom is -0.127 e. The maximum atomic E-state index is 3.01. The topological polar surface area (TPSA) is 0 Å². The summed E-state index contributed by atoms with van der Waals surface area (Å²) in [7, 11) is 6.02. The van der Waals surface area contributed by atoms with Crippen molar-refractivity contribution < 1.29 is 0 Å². The normalized spacial score (nSPS) is 28.6. The van der Waals surface area contributed by atoms with E-state index >= 15 is 0 Å². The van der Waals surface area contributed by atoms with Crippen LogP contribution in [0.4, 0.5) is 0 Å². The van der Waals surface area contributed by atoms with Gasteiger partial charge in [0, 0.05) is 4.90 Å². The van der Waals surface area contributed by atoms with Crippen molar-refractivity contribution in [1.82, 2.24) is 0 Å². The molecule has 15 heavy (non-hydrogen) atoms. The summed E-state index contributed by atoms with van der Waals surface area (Å²) in [6, 6.07) is 0. The van der Waals surface area contributed by atoms with Gasteiger partial charge in [0.25, 0.3) is 0 Å². The van der Waals surface area contributed by atoms with Crippen LogP contribution < -0.4 is 0 Å². The molecule has 0 aromatic heterocycles. The molecule has 0 aromatic rings. The first-order valence-corrected chi connectivity index (χ1v) is 7.52. The van der Waals surface area contributed by atoms with Crippen LogP contribution in [-0.4, -0.2) is 4.90 Å². The zero-order valence-electron chi connectivity index (χ0n) is 10.5. The third-order valence-corrected chi connectivity index (χ3v) is 5.58. The van der Waals surface area contributed by atoms with Crippen LogP contribution in [0.15, 0.2) is 0 Å². The Morgan fingerprint density at radius 2 is 1.73 bits per heavy atom. The van der Waals surface area contributed by atoms with E-state index in [1.54, 1.807) is 0 Å². The summed E-state index contributed by atoms with van der Waals surface area (Å²) < 4.78 is 0. The van der Waals surface area contributed by atoms with E-state index in [1.165, 1.54) is 38.5 Å². The molecule has 0 amide bonds. The van der Waals surface area contributed by atoms with E-state index in [9.17, 15) is 0 Å². The number of rotatable bonds is 3. The maximum Gasteiger partial charge on any atom is 0.000352 e. The minimum absolute atomic E-state index is 0.500. The van der Waals surface area contributed by atoms with E-state index in [0.29, 0.717) is 10.3 Å². The lowest BCUT2D eigenvalue weighted by molar-refractivity contribution is -0.0805. The highest BCUT2D eigenvalue weighted by Crippen LogP contribution is 2.70. The highest BCUT2D eigenvalue weighted by molar-refractivity contribution is 7.40. The van der Waals surface area contributed by atoms with Crippen molar-refractivity contribution in [2.45, 2.75) is 64.2 Å². The molecule has 2 saturated carbocycles. The SMILES string of the molecule is CCCC(C)(C)C1CC2(C1)CC(P)(P)C2. The monoisotopic (exact) mass is 244 g/mol. The van der Waals surface area contributed by atoms with E-state index in [4.69, 9.17) is 0 Å². The van der Waals surface area contributed by atoms with Gasteiger partial charge in [-0.1, -0.05) is 27.2 Å². The summed E-state index contributed by atoms with van der Waals surface area (Å²) in [6.45, 7) is 7.26. The molecule has 2 rings (SSSR count). The molecule has 2 atom stereocenters. The quantitative estimate of drug-likeness (QED) is 0.643. The van der Waals surface area contributed by atoms with Gasteiger partial charge >= 0.3 is 0 Å². The van der Waals surface area contributed by atoms with Gasteiger partial charge in [0.1, 0.15) is 0 Å². The molecule has 2 heteroatoms. The largest absolute Gasteiger partial charge is 0.127 e. The van der Waals surface area contributed by atoms with Crippen molar-refractivity contribution in [1.29, 1.82) is 0 Å². The third-order valence-electron chi connectivity index (χ3n) is 4.77. The first kappa shape index (κ1) is 12.3. The predicted octanol–water partition coefficient (Wildman–Crippen LogP) is 4.45. The van der Waals surface area contributed by atoms with Crippen LogP contribution in [0.2, 0.25) is 0 Å². The lowest BCUT2D eigenvalue weighted by Crippen LogP contribution is -2.55. The van der Waals surface area contributed by atoms with Gasteiger partial charge in [-0.05, 0) is 48.9 Å². The van der Waals surface area contributed by atoms with Gasteiger partial charge in [0.15, 0.2) is 0 Å². The Bertz CT molecular complexity index is 239. The fourth-order valence-corrected chi connectivity index (χ4v) is 5.75. The molecule has 0 aromatic carbocycles. The Hall–Kier alpha value is 0.860. The van der Waals surface area contributed by atoms with Gasteiger partial charge in [-0.2, -0.15) is 0 Å². The second kappa shape index (κ2) is 3.68. The van der Waals surface area contributed by atoms with Gasteiger partial charge in [-0.25, -0.2) is 0 Å². The Morgan fingerprint density at radius 1 is 1.20 bits per heavy atom. The van der Waals surface area contributed by atoms with Crippen LogP contribution >= 0.6 is 18.5 Å². The van der Waals surface area contributed by atoms with Gasteiger partial charge < -0.3 is 0 Å². The lowest BCUT2D eigenvalue weighted by atomic mass is 9.46. The third kappa shape index (κ3) is 2.28. The second-order valence-corrected chi connectivity index (χ2v) is 9.90.